The van der Waals surface area contributed by atoms with Crippen LogP contribution in [-0.4, -0.2) is 59.6 Å². The molecule has 0 atom stereocenters. The molecule has 0 saturated carbocycles. The quantitative estimate of drug-likeness (QED) is 0.855. The van der Waals surface area contributed by atoms with Crippen molar-refractivity contribution in [3.8, 4) is 0 Å². The van der Waals surface area contributed by atoms with Gasteiger partial charge >= 0.3 is 6.09 Å². The van der Waals surface area contributed by atoms with E-state index >= 15 is 0 Å². The van der Waals surface area contributed by atoms with Crippen LogP contribution in [0.5, 0.6) is 0 Å². The van der Waals surface area contributed by atoms with Gasteiger partial charge in [-0.25, -0.2) is 9.78 Å². The summed E-state index contributed by atoms with van der Waals surface area (Å²) in [5, 5.41) is 0.992. The minimum absolute atomic E-state index is 0.177. The third-order valence-electron chi connectivity index (χ3n) is 3.64. The van der Waals surface area contributed by atoms with Gasteiger partial charge in [0.1, 0.15) is 11.3 Å². The maximum Gasteiger partial charge on any atom is 0.410 e. The van der Waals surface area contributed by atoms with E-state index in [1.165, 1.54) is 4.90 Å². The lowest BCUT2D eigenvalue weighted by Gasteiger charge is -2.26. The summed E-state index contributed by atoms with van der Waals surface area (Å²) in [7, 11) is 3.35. The van der Waals surface area contributed by atoms with Crippen molar-refractivity contribution in [3.05, 3.63) is 42.1 Å². The van der Waals surface area contributed by atoms with Crippen molar-refractivity contribution < 1.29 is 14.3 Å². The molecule has 2 amide bonds. The highest BCUT2D eigenvalue weighted by molar-refractivity contribution is 5.94. The van der Waals surface area contributed by atoms with Gasteiger partial charge in [-0.3, -0.25) is 4.79 Å². The number of nitrogens with zero attached hydrogens (tertiary/aromatic N) is 3. The van der Waals surface area contributed by atoms with E-state index in [4.69, 9.17) is 4.74 Å². The van der Waals surface area contributed by atoms with Crippen LogP contribution in [0.4, 0.5) is 4.79 Å². The normalized spacial score (nSPS) is 11.2. The zero-order valence-electron chi connectivity index (χ0n) is 15.4. The fourth-order valence-corrected chi connectivity index (χ4v) is 2.21. The Morgan fingerprint density at radius 2 is 1.64 bits per heavy atom. The van der Waals surface area contributed by atoms with E-state index in [9.17, 15) is 9.59 Å². The molecular weight excluding hydrogens is 318 g/mol. The van der Waals surface area contributed by atoms with Crippen LogP contribution in [0.15, 0.2) is 36.4 Å². The standard InChI is InChI=1S/C19H25N3O3/c1-19(2,3)25-18(24)22(5)13-12-21(4)17(23)16-11-10-14-8-6-7-9-15(14)20-16/h6-11H,12-13H2,1-5H3. The molecular formula is C19H25N3O3. The maximum atomic E-state index is 12.5. The van der Waals surface area contributed by atoms with Crippen LogP contribution in [0.3, 0.4) is 0 Å². The Hall–Kier alpha value is -2.63. The molecule has 0 bridgehead atoms. The zero-order valence-corrected chi connectivity index (χ0v) is 15.4. The molecule has 0 aliphatic carbocycles. The van der Waals surface area contributed by atoms with E-state index in [-0.39, 0.29) is 5.91 Å². The van der Waals surface area contributed by atoms with Crippen molar-refractivity contribution in [2.24, 2.45) is 0 Å². The summed E-state index contributed by atoms with van der Waals surface area (Å²) in [4.78, 5) is 31.9. The first-order valence-electron chi connectivity index (χ1n) is 8.23. The molecule has 6 heteroatoms. The van der Waals surface area contributed by atoms with Crippen LogP contribution in [0.1, 0.15) is 31.3 Å². The van der Waals surface area contributed by atoms with Crippen LogP contribution < -0.4 is 0 Å². The van der Waals surface area contributed by atoms with Crippen molar-refractivity contribution in [1.82, 2.24) is 14.8 Å². The highest BCUT2D eigenvalue weighted by Crippen LogP contribution is 2.13. The molecule has 2 aromatic rings. The number of ether oxygens (including phenoxy) is 1. The number of carbonyl (C=O) groups is 2. The van der Waals surface area contributed by atoms with Crippen LogP contribution in [0, 0.1) is 0 Å². The number of hydrogen-bond donors (Lipinski definition) is 0. The van der Waals surface area contributed by atoms with E-state index in [0.717, 1.165) is 10.9 Å². The van der Waals surface area contributed by atoms with Crippen LogP contribution in [-0.2, 0) is 4.74 Å². The lowest BCUT2D eigenvalue weighted by atomic mass is 10.2. The maximum absolute atomic E-state index is 12.5. The summed E-state index contributed by atoms with van der Waals surface area (Å²) in [6, 6.07) is 11.3. The third kappa shape index (κ3) is 5.17. The van der Waals surface area contributed by atoms with Crippen molar-refractivity contribution in [3.63, 3.8) is 0 Å². The molecule has 6 nitrogen and oxygen atoms in total. The molecule has 1 aromatic heterocycles. The lowest BCUT2D eigenvalue weighted by molar-refractivity contribution is 0.0283. The van der Waals surface area contributed by atoms with Crippen LogP contribution >= 0.6 is 0 Å². The summed E-state index contributed by atoms with van der Waals surface area (Å²) in [6.45, 7) is 6.23. The predicted octanol–water partition coefficient (Wildman–Crippen LogP) is 3.17. The fourth-order valence-electron chi connectivity index (χ4n) is 2.21. The first kappa shape index (κ1) is 18.7. The summed E-state index contributed by atoms with van der Waals surface area (Å²) < 4.78 is 5.30. The van der Waals surface area contributed by atoms with Crippen LogP contribution in [0.2, 0.25) is 0 Å². The number of carbonyl (C=O) groups excluding carboxylic acids is 2. The molecule has 0 spiro atoms. The number of fused-ring (bicyclic) bond motifs is 1. The molecule has 0 aliphatic rings. The Morgan fingerprint density at radius 3 is 2.32 bits per heavy atom. The number of pyridine rings is 1. The molecule has 0 saturated heterocycles. The van der Waals surface area contributed by atoms with Crippen molar-refractivity contribution >= 4 is 22.9 Å². The summed E-state index contributed by atoms with van der Waals surface area (Å²) in [6.07, 6.45) is -0.405. The average Bonchev–Trinajstić information content (AvgIpc) is 2.56. The van der Waals surface area contributed by atoms with Crippen molar-refractivity contribution in [1.29, 1.82) is 0 Å². The number of likely N-dealkylation sites (N-methyl/N-ethyl adjacent to an activating group) is 2. The smallest absolute Gasteiger partial charge is 0.410 e. The Kier molecular flexibility index (Phi) is 5.62. The summed E-state index contributed by atoms with van der Waals surface area (Å²) >= 11 is 0. The van der Waals surface area contributed by atoms with Gasteiger partial charge in [0.15, 0.2) is 0 Å². The fraction of sp³-hybridized carbons (Fsp3) is 0.421. The van der Waals surface area contributed by atoms with E-state index < -0.39 is 11.7 Å². The number of amides is 2. The van der Waals surface area contributed by atoms with Gasteiger partial charge in [0.2, 0.25) is 0 Å². The van der Waals surface area contributed by atoms with Gasteiger partial charge in [-0.05, 0) is 32.9 Å². The first-order valence-corrected chi connectivity index (χ1v) is 8.23. The minimum Gasteiger partial charge on any atom is -0.444 e. The lowest BCUT2D eigenvalue weighted by Crippen LogP contribution is -2.40. The molecule has 25 heavy (non-hydrogen) atoms. The first-order chi connectivity index (χ1) is 11.7. The summed E-state index contributed by atoms with van der Waals surface area (Å²) in [5.41, 5.74) is 0.635. The van der Waals surface area contributed by atoms with Gasteiger partial charge in [0, 0.05) is 32.6 Å². The second kappa shape index (κ2) is 7.51. The van der Waals surface area contributed by atoms with Gasteiger partial charge < -0.3 is 14.5 Å². The van der Waals surface area contributed by atoms with Gasteiger partial charge in [0.05, 0.1) is 5.52 Å². The SMILES string of the molecule is CN(CCN(C)C(=O)c1ccc2ccccc2n1)C(=O)OC(C)(C)C. The van der Waals surface area contributed by atoms with Gasteiger partial charge in [-0.1, -0.05) is 24.3 Å². The molecule has 0 N–H and O–H groups in total. The molecule has 0 radical (unpaired) electrons. The highest BCUT2D eigenvalue weighted by Gasteiger charge is 2.20. The Bertz CT molecular complexity index is 768. The number of rotatable bonds is 4. The molecule has 1 aromatic carbocycles. The number of para-hydroxylation sites is 1. The molecule has 134 valence electrons. The second-order valence-electron chi connectivity index (χ2n) is 7.02. The predicted molar refractivity (Wildman–Crippen MR) is 97.6 cm³/mol. The third-order valence-corrected chi connectivity index (χ3v) is 3.64. The number of aromatic nitrogens is 1. The van der Waals surface area contributed by atoms with Gasteiger partial charge in [-0.15, -0.1) is 0 Å². The molecule has 2 rings (SSSR count). The van der Waals surface area contributed by atoms with Crippen LogP contribution in [0.25, 0.3) is 10.9 Å². The second-order valence-corrected chi connectivity index (χ2v) is 7.02. The molecule has 0 aliphatic heterocycles. The monoisotopic (exact) mass is 343 g/mol. The Labute approximate surface area is 148 Å². The number of benzene rings is 1. The van der Waals surface area contributed by atoms with Crippen molar-refractivity contribution in [2.45, 2.75) is 26.4 Å². The Morgan fingerprint density at radius 1 is 1.00 bits per heavy atom. The molecule has 0 unspecified atom stereocenters. The Balaban J connectivity index is 1.96. The molecule has 1 heterocycles. The summed E-state index contributed by atoms with van der Waals surface area (Å²) in [5.74, 6) is -0.177. The van der Waals surface area contributed by atoms with E-state index in [1.807, 2.05) is 51.1 Å². The van der Waals surface area contributed by atoms with Gasteiger partial charge in [0.25, 0.3) is 5.91 Å². The average molecular weight is 343 g/mol. The zero-order chi connectivity index (χ0) is 18.6. The van der Waals surface area contributed by atoms with E-state index in [2.05, 4.69) is 4.98 Å². The molecule has 0 fully saturated rings. The number of hydrogen-bond acceptors (Lipinski definition) is 4. The topological polar surface area (TPSA) is 62.7 Å². The highest BCUT2D eigenvalue weighted by atomic mass is 16.6. The largest absolute Gasteiger partial charge is 0.444 e. The van der Waals surface area contributed by atoms with Crippen molar-refractivity contribution in [2.75, 3.05) is 27.2 Å². The van der Waals surface area contributed by atoms with E-state index in [0.29, 0.717) is 18.8 Å². The van der Waals surface area contributed by atoms with Gasteiger partial charge in [-0.2, -0.15) is 0 Å². The van der Waals surface area contributed by atoms with E-state index in [1.54, 1.807) is 25.1 Å². The minimum atomic E-state index is -0.540.